The van der Waals surface area contributed by atoms with Crippen molar-refractivity contribution in [1.29, 1.82) is 0 Å². The van der Waals surface area contributed by atoms with Crippen LogP contribution in [0.15, 0.2) is 0 Å². The highest BCUT2D eigenvalue weighted by atomic mass is 16.5. The van der Waals surface area contributed by atoms with Crippen molar-refractivity contribution in [2.75, 3.05) is 7.11 Å². The first kappa shape index (κ1) is 14.4. The third-order valence-corrected chi connectivity index (χ3v) is 5.65. The largest absolute Gasteiger partial charge is 0.481 e. The summed E-state index contributed by atoms with van der Waals surface area (Å²) in [6, 6.07) is 0. The monoisotopic (exact) mass is 268 g/mol. The highest BCUT2D eigenvalue weighted by molar-refractivity contribution is 5.80. The van der Waals surface area contributed by atoms with Crippen molar-refractivity contribution in [3.05, 3.63) is 0 Å². The maximum atomic E-state index is 12.4. The molecule has 2 aliphatic rings. The molecule has 2 bridgehead atoms. The van der Waals surface area contributed by atoms with Crippen LogP contribution in [0.4, 0.5) is 0 Å². The molecule has 4 atom stereocenters. The molecular formula is C15H24O4. The van der Waals surface area contributed by atoms with Crippen LogP contribution in [-0.2, 0) is 14.3 Å². The molecule has 19 heavy (non-hydrogen) atoms. The number of carboxylic acid groups (broad SMARTS) is 1. The maximum Gasteiger partial charge on any atom is 0.312 e. The highest BCUT2D eigenvalue weighted by Gasteiger charge is 2.65. The lowest BCUT2D eigenvalue weighted by Gasteiger charge is -2.43. The van der Waals surface area contributed by atoms with Gasteiger partial charge < -0.3 is 9.84 Å². The van der Waals surface area contributed by atoms with Crippen LogP contribution in [-0.4, -0.2) is 24.2 Å². The van der Waals surface area contributed by atoms with E-state index < -0.39 is 11.4 Å². The van der Waals surface area contributed by atoms with Crippen molar-refractivity contribution >= 4 is 11.9 Å². The van der Waals surface area contributed by atoms with Gasteiger partial charge >= 0.3 is 11.9 Å². The van der Waals surface area contributed by atoms with Crippen LogP contribution in [0.25, 0.3) is 0 Å². The smallest absolute Gasteiger partial charge is 0.312 e. The van der Waals surface area contributed by atoms with Crippen molar-refractivity contribution in [2.45, 2.75) is 46.5 Å². The van der Waals surface area contributed by atoms with Gasteiger partial charge in [0.25, 0.3) is 0 Å². The van der Waals surface area contributed by atoms with E-state index in [2.05, 4.69) is 20.8 Å². The van der Waals surface area contributed by atoms with Crippen LogP contribution in [0.3, 0.4) is 0 Å². The SMILES string of the molecule is COC(=O)[C@]12CC(C)(C)[C@H](CC[C@H]1C)[C@H]2CC(=O)O. The minimum Gasteiger partial charge on any atom is -0.481 e. The molecule has 0 heterocycles. The topological polar surface area (TPSA) is 63.6 Å². The molecule has 2 aliphatic carbocycles. The number of methoxy groups -OCH3 is 1. The Hall–Kier alpha value is -1.06. The van der Waals surface area contributed by atoms with Gasteiger partial charge in [0.2, 0.25) is 0 Å². The number of fused-ring (bicyclic) bond motifs is 2. The third kappa shape index (κ3) is 1.96. The second-order valence-corrected chi connectivity index (χ2v) is 6.99. The molecule has 0 aromatic heterocycles. The molecule has 0 unspecified atom stereocenters. The first-order valence-corrected chi connectivity index (χ1v) is 7.06. The average molecular weight is 268 g/mol. The lowest BCUT2D eigenvalue weighted by Crippen LogP contribution is -2.46. The Morgan fingerprint density at radius 1 is 1.32 bits per heavy atom. The van der Waals surface area contributed by atoms with E-state index in [1.165, 1.54) is 7.11 Å². The van der Waals surface area contributed by atoms with Crippen molar-refractivity contribution < 1.29 is 19.4 Å². The Labute approximate surface area is 114 Å². The van der Waals surface area contributed by atoms with Crippen LogP contribution in [0.1, 0.15) is 46.5 Å². The van der Waals surface area contributed by atoms with Gasteiger partial charge in [0.1, 0.15) is 0 Å². The summed E-state index contributed by atoms with van der Waals surface area (Å²) in [6.07, 6.45) is 2.83. The Morgan fingerprint density at radius 3 is 2.47 bits per heavy atom. The van der Waals surface area contributed by atoms with Gasteiger partial charge in [-0.25, -0.2) is 0 Å². The lowest BCUT2D eigenvalue weighted by molar-refractivity contribution is -0.164. The van der Waals surface area contributed by atoms with Gasteiger partial charge in [-0.05, 0) is 42.4 Å². The summed E-state index contributed by atoms with van der Waals surface area (Å²) in [5, 5.41) is 9.20. The molecule has 0 saturated heterocycles. The molecule has 0 aromatic carbocycles. The molecule has 4 heteroatoms. The molecule has 2 rings (SSSR count). The molecule has 108 valence electrons. The maximum absolute atomic E-state index is 12.4. The molecule has 4 nitrogen and oxygen atoms in total. The van der Waals surface area contributed by atoms with E-state index in [0.717, 1.165) is 19.3 Å². The van der Waals surface area contributed by atoms with Gasteiger partial charge in [-0.2, -0.15) is 0 Å². The fourth-order valence-corrected chi connectivity index (χ4v) is 4.87. The minimum atomic E-state index is -0.810. The van der Waals surface area contributed by atoms with Crippen molar-refractivity contribution in [3.8, 4) is 0 Å². The summed E-state index contributed by atoms with van der Waals surface area (Å²) in [5.41, 5.74) is -0.585. The molecule has 2 saturated carbocycles. The molecule has 0 aliphatic heterocycles. The van der Waals surface area contributed by atoms with Crippen molar-refractivity contribution in [3.63, 3.8) is 0 Å². The molecule has 0 amide bonds. The van der Waals surface area contributed by atoms with Crippen molar-refractivity contribution in [1.82, 2.24) is 0 Å². The standard InChI is InChI=1S/C15H24O4/c1-9-5-6-10-11(7-12(16)17)15(9,13(18)19-4)8-14(10,2)3/h9-11H,5-8H2,1-4H3,(H,16,17)/t9-,10-,11-,15-/m1/s1. The Morgan fingerprint density at radius 2 is 1.95 bits per heavy atom. The lowest BCUT2D eigenvalue weighted by atomic mass is 9.60. The second-order valence-electron chi connectivity index (χ2n) is 6.99. The fourth-order valence-electron chi connectivity index (χ4n) is 4.87. The number of esters is 1. The summed E-state index contributed by atoms with van der Waals surface area (Å²) >= 11 is 0. The van der Waals surface area contributed by atoms with Crippen LogP contribution in [0, 0.1) is 28.6 Å². The highest BCUT2D eigenvalue weighted by Crippen LogP contribution is 2.66. The normalized spacial score (nSPS) is 39.9. The van der Waals surface area contributed by atoms with Gasteiger partial charge in [-0.15, -0.1) is 0 Å². The second kappa shape index (κ2) is 4.50. The summed E-state index contributed by atoms with van der Waals surface area (Å²) in [6.45, 7) is 6.40. The summed E-state index contributed by atoms with van der Waals surface area (Å²) in [4.78, 5) is 23.6. The molecule has 0 spiro atoms. The summed E-state index contributed by atoms with van der Waals surface area (Å²) in [7, 11) is 1.41. The van der Waals surface area contributed by atoms with Crippen LogP contribution in [0.5, 0.6) is 0 Å². The van der Waals surface area contributed by atoms with Gasteiger partial charge in [0.15, 0.2) is 0 Å². The van der Waals surface area contributed by atoms with E-state index in [1.807, 2.05) is 0 Å². The third-order valence-electron chi connectivity index (χ3n) is 5.65. The number of ether oxygens (including phenoxy) is 1. The van der Waals surface area contributed by atoms with Gasteiger partial charge in [-0.1, -0.05) is 20.8 Å². The Bertz CT molecular complexity index is 401. The molecule has 0 radical (unpaired) electrons. The predicted molar refractivity (Wildman–Crippen MR) is 70.5 cm³/mol. The number of carboxylic acids is 1. The number of carbonyl (C=O) groups is 2. The fraction of sp³-hybridized carbons (Fsp3) is 0.867. The molecule has 0 aromatic rings. The quantitative estimate of drug-likeness (QED) is 0.799. The van der Waals surface area contributed by atoms with Crippen LogP contribution < -0.4 is 0 Å². The number of carbonyl (C=O) groups excluding carboxylic acids is 1. The first-order chi connectivity index (χ1) is 8.75. The Kier molecular flexibility index (Phi) is 3.40. The van der Waals surface area contributed by atoms with E-state index in [0.29, 0.717) is 5.92 Å². The van der Waals surface area contributed by atoms with Crippen LogP contribution >= 0.6 is 0 Å². The molecule has 1 N–H and O–H groups in total. The molecular weight excluding hydrogens is 244 g/mol. The Balaban J connectivity index is 2.48. The van der Waals surface area contributed by atoms with Gasteiger partial charge in [-0.3, -0.25) is 9.59 Å². The van der Waals surface area contributed by atoms with E-state index in [1.54, 1.807) is 0 Å². The van der Waals surface area contributed by atoms with E-state index in [-0.39, 0.29) is 29.6 Å². The predicted octanol–water partition coefficient (Wildman–Crippen LogP) is 2.71. The molecule has 2 fully saturated rings. The first-order valence-electron chi connectivity index (χ1n) is 7.06. The average Bonchev–Trinajstić information content (AvgIpc) is 2.46. The van der Waals surface area contributed by atoms with Gasteiger partial charge in [0, 0.05) is 6.42 Å². The van der Waals surface area contributed by atoms with Crippen molar-refractivity contribution in [2.24, 2.45) is 28.6 Å². The van der Waals surface area contributed by atoms with Gasteiger partial charge in [0.05, 0.1) is 12.5 Å². The number of aliphatic carboxylic acids is 1. The summed E-state index contributed by atoms with van der Waals surface area (Å²) in [5.74, 6) is -0.603. The zero-order chi connectivity index (χ0) is 14.4. The zero-order valence-corrected chi connectivity index (χ0v) is 12.2. The number of rotatable bonds is 3. The number of hydrogen-bond acceptors (Lipinski definition) is 3. The van der Waals surface area contributed by atoms with E-state index in [4.69, 9.17) is 4.74 Å². The summed E-state index contributed by atoms with van der Waals surface area (Å²) < 4.78 is 5.05. The van der Waals surface area contributed by atoms with E-state index >= 15 is 0 Å². The number of hydrogen-bond donors (Lipinski definition) is 1. The zero-order valence-electron chi connectivity index (χ0n) is 12.2. The van der Waals surface area contributed by atoms with E-state index in [9.17, 15) is 14.7 Å². The van der Waals surface area contributed by atoms with Crippen LogP contribution in [0.2, 0.25) is 0 Å². The minimum absolute atomic E-state index is 0.0130.